The highest BCUT2D eigenvalue weighted by molar-refractivity contribution is 5.94. The lowest BCUT2D eigenvalue weighted by molar-refractivity contribution is -0.276. The number of hydrogen-bond acceptors (Lipinski definition) is 8. The van der Waals surface area contributed by atoms with Gasteiger partial charge in [0.05, 0.1) is 24.9 Å². The van der Waals surface area contributed by atoms with E-state index >= 15 is 0 Å². The number of carbonyl (C=O) groups is 2. The van der Waals surface area contributed by atoms with Crippen LogP contribution in [0, 0.1) is 5.92 Å². The van der Waals surface area contributed by atoms with Crippen molar-refractivity contribution in [3.8, 4) is 0 Å². The van der Waals surface area contributed by atoms with Crippen molar-refractivity contribution >= 4 is 17.6 Å². The zero-order valence-corrected chi connectivity index (χ0v) is 21.5. The number of carbonyl (C=O) groups excluding carboxylic acids is 2. The number of rotatable bonds is 8. The monoisotopic (exact) mass is 512 g/mol. The summed E-state index contributed by atoms with van der Waals surface area (Å²) in [6.07, 6.45) is -1.42. The summed E-state index contributed by atoms with van der Waals surface area (Å²) in [5.41, 5.74) is 3.22. The number of aliphatic hydroxyl groups excluding tert-OH is 2. The molecule has 3 N–H and O–H groups in total. The molecule has 2 aromatic rings. The predicted molar refractivity (Wildman–Crippen MR) is 136 cm³/mol. The molecule has 4 rings (SSSR count). The maximum atomic E-state index is 12.3. The third-order valence-electron chi connectivity index (χ3n) is 6.97. The Labute approximate surface area is 217 Å². The van der Waals surface area contributed by atoms with Gasteiger partial charge in [0.2, 0.25) is 0 Å². The van der Waals surface area contributed by atoms with Crippen LogP contribution in [0.2, 0.25) is 0 Å². The van der Waals surface area contributed by atoms with E-state index in [1.807, 2.05) is 36.4 Å². The van der Waals surface area contributed by atoms with Gasteiger partial charge in [0.1, 0.15) is 0 Å². The lowest BCUT2D eigenvalue weighted by atomic mass is 9.90. The highest BCUT2D eigenvalue weighted by atomic mass is 16.7. The van der Waals surface area contributed by atoms with Crippen LogP contribution in [-0.4, -0.2) is 64.9 Å². The molecule has 0 spiro atoms. The summed E-state index contributed by atoms with van der Waals surface area (Å²) < 4.78 is 17.8. The second-order valence-electron chi connectivity index (χ2n) is 9.89. The molecular weight excluding hydrogens is 476 g/mol. The fourth-order valence-electron chi connectivity index (χ4n) is 4.83. The molecule has 2 heterocycles. The summed E-state index contributed by atoms with van der Waals surface area (Å²) in [5, 5.41) is 22.2. The number of nitrogens with zero attached hydrogens (tertiary/aromatic N) is 1. The average molecular weight is 513 g/mol. The number of hydrogen-bond donors (Lipinski definition) is 3. The summed E-state index contributed by atoms with van der Waals surface area (Å²) in [4.78, 5) is 25.6. The first-order valence-corrected chi connectivity index (χ1v) is 12.7. The fourth-order valence-corrected chi connectivity index (χ4v) is 4.83. The van der Waals surface area contributed by atoms with Crippen LogP contribution >= 0.6 is 0 Å². The van der Waals surface area contributed by atoms with Gasteiger partial charge in [0, 0.05) is 43.7 Å². The predicted octanol–water partition coefficient (Wildman–Crippen LogP) is 2.93. The van der Waals surface area contributed by atoms with Crippen molar-refractivity contribution < 1.29 is 34.0 Å². The van der Waals surface area contributed by atoms with E-state index in [0.717, 1.165) is 29.7 Å². The second-order valence-corrected chi connectivity index (χ2v) is 9.89. The summed E-state index contributed by atoms with van der Waals surface area (Å²) in [7, 11) is 0. The van der Waals surface area contributed by atoms with Crippen molar-refractivity contribution in [1.82, 2.24) is 4.90 Å². The number of anilines is 1. The summed E-state index contributed by atoms with van der Waals surface area (Å²) in [6.45, 7) is 7.02. The van der Waals surface area contributed by atoms with Gasteiger partial charge in [-0.25, -0.2) is 0 Å². The van der Waals surface area contributed by atoms with E-state index in [-0.39, 0.29) is 30.8 Å². The molecule has 9 nitrogen and oxygen atoms in total. The molecule has 2 aromatic carbocycles. The largest absolute Gasteiger partial charge is 0.453 e. The van der Waals surface area contributed by atoms with Gasteiger partial charge in [0.15, 0.2) is 12.4 Å². The van der Waals surface area contributed by atoms with Crippen LogP contribution in [0.1, 0.15) is 56.3 Å². The first-order chi connectivity index (χ1) is 17.7. The van der Waals surface area contributed by atoms with Gasteiger partial charge in [-0.1, -0.05) is 43.3 Å². The smallest absolute Gasteiger partial charge is 0.303 e. The summed E-state index contributed by atoms with van der Waals surface area (Å²) >= 11 is 0. The molecule has 6 atom stereocenters. The van der Waals surface area contributed by atoms with Crippen molar-refractivity contribution in [2.75, 3.05) is 25.0 Å². The average Bonchev–Trinajstić information content (AvgIpc) is 3.29. The third-order valence-corrected chi connectivity index (χ3v) is 6.97. The van der Waals surface area contributed by atoms with Crippen LogP contribution in [0.25, 0.3) is 0 Å². The first kappa shape index (κ1) is 27.2. The lowest BCUT2D eigenvalue weighted by Crippen LogP contribution is -2.44. The standard InChI is InChI=1S/C28H36N2O7/c1-17-25(15-30-13-12-24(33)14-30)36-28(37-26(17)21-6-4-20(16-31)5-7-21)22-8-10-23(11-9-22)29-27(34)18(2)35-19(3)32/h4-11,17-18,24-26,28,31,33H,12-16H2,1-3H3,(H,29,34). The fraction of sp³-hybridized carbons (Fsp3) is 0.500. The maximum Gasteiger partial charge on any atom is 0.303 e. The van der Waals surface area contributed by atoms with Crippen LogP contribution < -0.4 is 5.32 Å². The van der Waals surface area contributed by atoms with Crippen LogP contribution in [0.5, 0.6) is 0 Å². The van der Waals surface area contributed by atoms with Gasteiger partial charge < -0.3 is 29.7 Å². The van der Waals surface area contributed by atoms with Gasteiger partial charge in [0.25, 0.3) is 5.91 Å². The summed E-state index contributed by atoms with van der Waals surface area (Å²) in [6, 6.07) is 15.0. The van der Waals surface area contributed by atoms with E-state index < -0.39 is 24.3 Å². The zero-order valence-electron chi connectivity index (χ0n) is 21.5. The van der Waals surface area contributed by atoms with Crippen LogP contribution in [0.4, 0.5) is 5.69 Å². The Kier molecular flexibility index (Phi) is 8.94. The number of nitrogens with one attached hydrogen (secondary N) is 1. The number of likely N-dealkylation sites (tertiary alicyclic amines) is 1. The molecule has 37 heavy (non-hydrogen) atoms. The van der Waals surface area contributed by atoms with E-state index in [0.29, 0.717) is 18.8 Å². The second kappa shape index (κ2) is 12.1. The first-order valence-electron chi connectivity index (χ1n) is 12.7. The SMILES string of the molecule is CC(=O)OC(C)C(=O)Nc1ccc(C2OC(CN3CCC(O)C3)C(C)C(c3ccc(CO)cc3)O2)cc1. The van der Waals surface area contributed by atoms with E-state index in [2.05, 4.69) is 17.1 Å². The van der Waals surface area contributed by atoms with Gasteiger partial charge >= 0.3 is 5.97 Å². The van der Waals surface area contributed by atoms with Crippen LogP contribution in [-0.2, 0) is 30.4 Å². The van der Waals surface area contributed by atoms with Gasteiger partial charge in [-0.3, -0.25) is 14.5 Å². The van der Waals surface area contributed by atoms with Crippen LogP contribution in [0.3, 0.4) is 0 Å². The van der Waals surface area contributed by atoms with E-state index in [4.69, 9.17) is 14.2 Å². The molecule has 2 aliphatic rings. The molecule has 2 fully saturated rings. The molecule has 0 radical (unpaired) electrons. The van der Waals surface area contributed by atoms with Gasteiger partial charge in [-0.15, -0.1) is 0 Å². The topological polar surface area (TPSA) is 118 Å². The molecule has 0 aliphatic carbocycles. The lowest BCUT2D eigenvalue weighted by Gasteiger charge is -2.42. The molecule has 0 saturated carbocycles. The zero-order chi connectivity index (χ0) is 26.5. The highest BCUT2D eigenvalue weighted by Gasteiger charge is 2.39. The molecule has 1 amide bonds. The van der Waals surface area contributed by atoms with E-state index in [9.17, 15) is 19.8 Å². The number of benzene rings is 2. The van der Waals surface area contributed by atoms with Crippen molar-refractivity contribution in [3.05, 3.63) is 65.2 Å². The van der Waals surface area contributed by atoms with Crippen molar-refractivity contribution in [2.45, 2.75) is 64.5 Å². The van der Waals surface area contributed by atoms with Crippen molar-refractivity contribution in [1.29, 1.82) is 0 Å². The molecule has 2 saturated heterocycles. The van der Waals surface area contributed by atoms with Crippen molar-refractivity contribution in [3.63, 3.8) is 0 Å². The van der Waals surface area contributed by atoms with Crippen molar-refractivity contribution in [2.24, 2.45) is 5.92 Å². The minimum Gasteiger partial charge on any atom is -0.453 e. The third kappa shape index (κ3) is 6.94. The molecule has 2 aliphatic heterocycles. The highest BCUT2D eigenvalue weighted by Crippen LogP contribution is 2.42. The quantitative estimate of drug-likeness (QED) is 0.462. The van der Waals surface area contributed by atoms with E-state index in [1.54, 1.807) is 12.1 Å². The molecule has 200 valence electrons. The number of aliphatic hydroxyl groups is 2. The Morgan fingerprint density at radius 2 is 1.78 bits per heavy atom. The van der Waals surface area contributed by atoms with Gasteiger partial charge in [-0.2, -0.15) is 0 Å². The number of β-amino-alcohol motifs (C(OH)–C–C–N with tert-alkyl or cyclic N) is 1. The number of ether oxygens (including phenoxy) is 3. The molecule has 9 heteroatoms. The molecule has 6 unspecified atom stereocenters. The molecular formula is C28H36N2O7. The molecule has 0 bridgehead atoms. The normalized spacial score (nSPS) is 27.0. The molecule has 0 aromatic heterocycles. The summed E-state index contributed by atoms with van der Waals surface area (Å²) in [5.74, 6) is -0.881. The Balaban J connectivity index is 1.51. The minimum atomic E-state index is -0.897. The Morgan fingerprint density at radius 3 is 2.38 bits per heavy atom. The Bertz CT molecular complexity index is 1060. The number of amides is 1. The maximum absolute atomic E-state index is 12.3. The Morgan fingerprint density at radius 1 is 1.11 bits per heavy atom. The number of esters is 1. The van der Waals surface area contributed by atoms with Gasteiger partial charge in [-0.05, 0) is 36.6 Å². The van der Waals surface area contributed by atoms with E-state index in [1.165, 1.54) is 13.8 Å². The van der Waals surface area contributed by atoms with Crippen LogP contribution in [0.15, 0.2) is 48.5 Å². The Hall–Kier alpha value is -2.82. The minimum absolute atomic E-state index is 0.0183.